The molecule has 6 heteroatoms. The van der Waals surface area contributed by atoms with E-state index in [-0.39, 0.29) is 23.6 Å². The first-order valence-electron chi connectivity index (χ1n) is 6.67. The largest absolute Gasteiger partial charge is 0.357 e. The zero-order valence-corrected chi connectivity index (χ0v) is 12.0. The first kappa shape index (κ1) is 15.5. The van der Waals surface area contributed by atoms with Crippen LogP contribution in [0.25, 0.3) is 0 Å². The van der Waals surface area contributed by atoms with E-state index in [1.54, 1.807) is 11.9 Å². The number of hydrogen-bond acceptors (Lipinski definition) is 3. The van der Waals surface area contributed by atoms with Gasteiger partial charge in [-0.15, -0.1) is 0 Å². The molecule has 2 N–H and O–H groups in total. The zero-order valence-electron chi connectivity index (χ0n) is 12.0. The molecule has 1 fully saturated rings. The van der Waals surface area contributed by atoms with E-state index >= 15 is 0 Å². The van der Waals surface area contributed by atoms with Crippen LogP contribution in [-0.4, -0.2) is 48.3 Å². The van der Waals surface area contributed by atoms with Crippen molar-refractivity contribution in [2.45, 2.75) is 45.7 Å². The fourth-order valence-corrected chi connectivity index (χ4v) is 2.36. The number of carbonyl (C=O) groups is 3. The minimum Gasteiger partial charge on any atom is -0.357 e. The molecule has 1 aliphatic rings. The van der Waals surface area contributed by atoms with Crippen LogP contribution in [0.1, 0.15) is 33.6 Å². The average Bonchev–Trinajstić information content (AvgIpc) is 2.83. The van der Waals surface area contributed by atoms with Crippen molar-refractivity contribution in [2.75, 3.05) is 13.6 Å². The average molecular weight is 269 g/mol. The second-order valence-corrected chi connectivity index (χ2v) is 5.21. The van der Waals surface area contributed by atoms with Crippen LogP contribution in [0.2, 0.25) is 0 Å². The summed E-state index contributed by atoms with van der Waals surface area (Å²) in [5, 5.41) is 5.29. The van der Waals surface area contributed by atoms with Gasteiger partial charge in [0.2, 0.25) is 17.7 Å². The fraction of sp³-hybridized carbons (Fsp3) is 0.769. The Morgan fingerprint density at radius 2 is 1.89 bits per heavy atom. The smallest absolute Gasteiger partial charge is 0.243 e. The minimum atomic E-state index is -0.563. The lowest BCUT2D eigenvalue weighted by Gasteiger charge is -2.26. The molecule has 0 aromatic rings. The Morgan fingerprint density at radius 1 is 1.26 bits per heavy atom. The molecule has 0 aliphatic carbocycles. The summed E-state index contributed by atoms with van der Waals surface area (Å²) in [6, 6.07) is -1.00. The van der Waals surface area contributed by atoms with Crippen molar-refractivity contribution in [3.8, 4) is 0 Å². The van der Waals surface area contributed by atoms with E-state index in [1.807, 2.05) is 13.8 Å². The van der Waals surface area contributed by atoms with Crippen molar-refractivity contribution < 1.29 is 14.4 Å². The summed E-state index contributed by atoms with van der Waals surface area (Å²) >= 11 is 0. The summed E-state index contributed by atoms with van der Waals surface area (Å²) < 4.78 is 0. The minimum absolute atomic E-state index is 0.00363. The van der Waals surface area contributed by atoms with Gasteiger partial charge in [-0.25, -0.2) is 0 Å². The van der Waals surface area contributed by atoms with Gasteiger partial charge in [-0.05, 0) is 18.8 Å². The van der Waals surface area contributed by atoms with E-state index < -0.39 is 12.1 Å². The molecule has 6 nitrogen and oxygen atoms in total. The third kappa shape index (κ3) is 3.68. The normalized spacial score (nSPS) is 20.3. The van der Waals surface area contributed by atoms with Crippen molar-refractivity contribution in [1.82, 2.24) is 15.5 Å². The molecule has 0 aromatic carbocycles. The van der Waals surface area contributed by atoms with Gasteiger partial charge < -0.3 is 15.5 Å². The number of amides is 3. The van der Waals surface area contributed by atoms with Crippen molar-refractivity contribution in [2.24, 2.45) is 5.92 Å². The summed E-state index contributed by atoms with van der Waals surface area (Å²) in [7, 11) is 1.54. The maximum Gasteiger partial charge on any atom is 0.243 e. The molecule has 0 saturated carbocycles. The van der Waals surface area contributed by atoms with Crippen LogP contribution in [-0.2, 0) is 14.4 Å². The lowest BCUT2D eigenvalue weighted by atomic mass is 10.0. The summed E-state index contributed by atoms with van der Waals surface area (Å²) in [5.74, 6) is -0.555. The molecule has 0 bridgehead atoms. The van der Waals surface area contributed by atoms with Gasteiger partial charge in [0.25, 0.3) is 0 Å². The van der Waals surface area contributed by atoms with Crippen molar-refractivity contribution in [1.29, 1.82) is 0 Å². The molecule has 2 atom stereocenters. The molecular weight excluding hydrogens is 246 g/mol. The molecule has 1 saturated heterocycles. The van der Waals surface area contributed by atoms with Crippen LogP contribution >= 0.6 is 0 Å². The summed E-state index contributed by atoms with van der Waals surface area (Å²) in [6.07, 6.45) is 1.48. The molecule has 0 radical (unpaired) electrons. The van der Waals surface area contributed by atoms with Gasteiger partial charge in [0.15, 0.2) is 0 Å². The number of hydrogen-bond donors (Lipinski definition) is 2. The van der Waals surface area contributed by atoms with Gasteiger partial charge in [0, 0.05) is 20.5 Å². The lowest BCUT2D eigenvalue weighted by molar-refractivity contribution is -0.138. The molecule has 1 aliphatic heterocycles. The predicted octanol–water partition coefficient (Wildman–Crippen LogP) is -0.116. The van der Waals surface area contributed by atoms with Crippen molar-refractivity contribution in [3.63, 3.8) is 0 Å². The standard InChI is InChI=1S/C13H23N3O3/c1-8(2)11(13(19)14-4)15-12(18)10-6-5-7-16(10)9(3)17/h8,10-11H,5-7H2,1-4H3,(H,14,19)(H,15,18)/t10-,11-/m0/s1. The molecule has 1 rings (SSSR count). The van der Waals surface area contributed by atoms with Crippen LogP contribution < -0.4 is 10.6 Å². The molecular formula is C13H23N3O3. The van der Waals surface area contributed by atoms with E-state index in [0.29, 0.717) is 13.0 Å². The van der Waals surface area contributed by atoms with Crippen LogP contribution in [0, 0.1) is 5.92 Å². The first-order chi connectivity index (χ1) is 8.88. The van der Waals surface area contributed by atoms with Gasteiger partial charge >= 0.3 is 0 Å². The van der Waals surface area contributed by atoms with Crippen LogP contribution in [0.5, 0.6) is 0 Å². The monoisotopic (exact) mass is 269 g/mol. The van der Waals surface area contributed by atoms with Gasteiger partial charge in [-0.3, -0.25) is 14.4 Å². The Kier molecular flexibility index (Phi) is 5.32. The van der Waals surface area contributed by atoms with E-state index in [4.69, 9.17) is 0 Å². The highest BCUT2D eigenvalue weighted by Crippen LogP contribution is 2.18. The fourth-order valence-electron chi connectivity index (χ4n) is 2.36. The highest BCUT2D eigenvalue weighted by atomic mass is 16.2. The Hall–Kier alpha value is -1.59. The number of likely N-dealkylation sites (tertiary alicyclic amines) is 1. The van der Waals surface area contributed by atoms with E-state index in [9.17, 15) is 14.4 Å². The second-order valence-electron chi connectivity index (χ2n) is 5.21. The molecule has 0 spiro atoms. The van der Waals surface area contributed by atoms with Crippen molar-refractivity contribution in [3.05, 3.63) is 0 Å². The Labute approximate surface area is 113 Å². The second kappa shape index (κ2) is 6.54. The maximum absolute atomic E-state index is 12.2. The highest BCUT2D eigenvalue weighted by molar-refractivity contribution is 5.92. The molecule has 0 aromatic heterocycles. The quantitative estimate of drug-likeness (QED) is 0.747. The molecule has 19 heavy (non-hydrogen) atoms. The first-order valence-corrected chi connectivity index (χ1v) is 6.67. The van der Waals surface area contributed by atoms with E-state index in [2.05, 4.69) is 10.6 Å². The Balaban J connectivity index is 2.71. The summed E-state index contributed by atoms with van der Waals surface area (Å²) in [4.78, 5) is 36.9. The van der Waals surface area contributed by atoms with Crippen LogP contribution in [0.4, 0.5) is 0 Å². The van der Waals surface area contributed by atoms with E-state index in [0.717, 1.165) is 6.42 Å². The van der Waals surface area contributed by atoms with Gasteiger partial charge in [-0.1, -0.05) is 13.8 Å². The zero-order chi connectivity index (χ0) is 14.6. The number of rotatable bonds is 4. The van der Waals surface area contributed by atoms with E-state index in [1.165, 1.54) is 6.92 Å². The maximum atomic E-state index is 12.2. The molecule has 108 valence electrons. The number of nitrogens with zero attached hydrogens (tertiary/aromatic N) is 1. The third-order valence-electron chi connectivity index (χ3n) is 3.45. The van der Waals surface area contributed by atoms with Gasteiger partial charge in [0.05, 0.1) is 0 Å². The van der Waals surface area contributed by atoms with Crippen LogP contribution in [0.3, 0.4) is 0 Å². The third-order valence-corrected chi connectivity index (χ3v) is 3.45. The Morgan fingerprint density at radius 3 is 2.37 bits per heavy atom. The summed E-state index contributed by atoms with van der Waals surface area (Å²) in [5.41, 5.74) is 0. The lowest BCUT2D eigenvalue weighted by Crippen LogP contribution is -2.54. The SMILES string of the molecule is CNC(=O)[C@@H](NC(=O)[C@@H]1CCCN1C(C)=O)C(C)C. The number of likely N-dealkylation sites (N-methyl/N-ethyl adjacent to an activating group) is 1. The van der Waals surface area contributed by atoms with Crippen LogP contribution in [0.15, 0.2) is 0 Å². The summed E-state index contributed by atoms with van der Waals surface area (Å²) in [6.45, 7) is 5.82. The van der Waals surface area contributed by atoms with Gasteiger partial charge in [0.1, 0.15) is 12.1 Å². The highest BCUT2D eigenvalue weighted by Gasteiger charge is 2.34. The molecule has 0 unspecified atom stereocenters. The number of nitrogens with one attached hydrogen (secondary N) is 2. The van der Waals surface area contributed by atoms with Gasteiger partial charge in [-0.2, -0.15) is 0 Å². The number of carbonyl (C=O) groups excluding carboxylic acids is 3. The topological polar surface area (TPSA) is 78.5 Å². The molecule has 3 amide bonds. The predicted molar refractivity (Wildman–Crippen MR) is 71.2 cm³/mol. The van der Waals surface area contributed by atoms with Crippen molar-refractivity contribution >= 4 is 17.7 Å². The molecule has 1 heterocycles. The Bertz CT molecular complexity index is 368.